The highest BCUT2D eigenvalue weighted by Gasteiger charge is 2.28. The van der Waals surface area contributed by atoms with Crippen molar-refractivity contribution in [1.82, 2.24) is 14.8 Å². The Kier molecular flexibility index (Phi) is 9.59. The summed E-state index contributed by atoms with van der Waals surface area (Å²) in [5, 5.41) is 2.77. The van der Waals surface area contributed by atoms with E-state index in [9.17, 15) is 9.59 Å². The molecule has 1 aromatic carbocycles. The molecule has 9 heteroatoms. The van der Waals surface area contributed by atoms with Crippen molar-refractivity contribution in [1.29, 1.82) is 0 Å². The van der Waals surface area contributed by atoms with Gasteiger partial charge >= 0.3 is 0 Å². The number of anilines is 1. The molecular weight excluding hydrogens is 448 g/mol. The highest BCUT2D eigenvalue weighted by molar-refractivity contribution is 5.98. The third kappa shape index (κ3) is 7.24. The van der Waals surface area contributed by atoms with Gasteiger partial charge in [-0.3, -0.25) is 19.5 Å². The third-order valence-corrected chi connectivity index (χ3v) is 6.27. The molecule has 3 rings (SSSR count). The first kappa shape index (κ1) is 26.6. The number of methoxy groups -OCH3 is 2. The van der Waals surface area contributed by atoms with Crippen molar-refractivity contribution in [3.05, 3.63) is 53.9 Å². The van der Waals surface area contributed by atoms with E-state index >= 15 is 0 Å². The number of rotatable bonds is 6. The average Bonchev–Trinajstić information content (AvgIpc) is 2.85. The van der Waals surface area contributed by atoms with Crippen molar-refractivity contribution in [2.75, 3.05) is 52.9 Å². The lowest BCUT2D eigenvalue weighted by molar-refractivity contribution is -0.119. The predicted molar refractivity (Wildman–Crippen MR) is 133 cm³/mol. The first-order valence-corrected chi connectivity index (χ1v) is 11.8. The first-order valence-electron chi connectivity index (χ1n) is 11.8. The number of carbonyl (C=O) groups is 2. The van der Waals surface area contributed by atoms with Crippen LogP contribution < -0.4 is 10.1 Å². The van der Waals surface area contributed by atoms with Crippen LogP contribution in [0.3, 0.4) is 0 Å². The van der Waals surface area contributed by atoms with Crippen LogP contribution in [0.2, 0.25) is 0 Å². The minimum absolute atomic E-state index is 0.0509. The number of nitrogens with zero attached hydrogens (tertiary/aromatic N) is 3. The number of fused-ring (bicyclic) bond motifs is 1. The predicted octanol–water partition coefficient (Wildman–Crippen LogP) is 2.67. The molecule has 0 saturated heterocycles. The van der Waals surface area contributed by atoms with Crippen LogP contribution in [-0.4, -0.2) is 86.3 Å². The number of pyridine rings is 1. The topological polar surface area (TPSA) is 93.2 Å². The second kappa shape index (κ2) is 12.6. The lowest BCUT2D eigenvalue weighted by Gasteiger charge is -2.36. The highest BCUT2D eigenvalue weighted by Crippen LogP contribution is 2.27. The summed E-state index contributed by atoms with van der Waals surface area (Å²) in [7, 11) is 4.92. The van der Waals surface area contributed by atoms with Crippen molar-refractivity contribution < 1.29 is 23.8 Å². The molecule has 2 aromatic rings. The molecular formula is C26H36N4O5. The fourth-order valence-corrected chi connectivity index (χ4v) is 4.20. The summed E-state index contributed by atoms with van der Waals surface area (Å²) >= 11 is 0. The molecule has 0 fully saturated rings. The molecule has 190 valence electrons. The quantitative estimate of drug-likeness (QED) is 0.674. The highest BCUT2D eigenvalue weighted by atomic mass is 16.5. The Hall–Kier alpha value is -3.01. The van der Waals surface area contributed by atoms with Gasteiger partial charge in [0.25, 0.3) is 5.91 Å². The molecule has 9 nitrogen and oxygen atoms in total. The normalized spacial score (nSPS) is 21.9. The monoisotopic (exact) mass is 484 g/mol. The molecule has 0 unspecified atom stereocenters. The van der Waals surface area contributed by atoms with Gasteiger partial charge in [-0.05, 0) is 42.7 Å². The molecule has 1 aliphatic rings. The van der Waals surface area contributed by atoms with E-state index in [4.69, 9.17) is 14.2 Å². The molecule has 0 aliphatic carbocycles. The SMILES string of the molecule is COCC(=O)Nc1ccc2c(c1)OC[C@H](C)N(Cc1ccncc1)C[C@@H](C)[C@@H](OC)CN(C)C2=O. The van der Waals surface area contributed by atoms with Crippen molar-refractivity contribution in [2.24, 2.45) is 5.92 Å². The van der Waals surface area contributed by atoms with Crippen molar-refractivity contribution in [3.8, 4) is 5.75 Å². The van der Waals surface area contributed by atoms with Gasteiger partial charge in [0.2, 0.25) is 5.91 Å². The zero-order chi connectivity index (χ0) is 25.4. The minimum atomic E-state index is -0.280. The van der Waals surface area contributed by atoms with E-state index in [1.165, 1.54) is 7.11 Å². The summed E-state index contributed by atoms with van der Waals surface area (Å²) in [4.78, 5) is 33.5. The maximum Gasteiger partial charge on any atom is 0.257 e. The number of aromatic nitrogens is 1. The van der Waals surface area contributed by atoms with Gasteiger partial charge in [0.15, 0.2) is 0 Å². The summed E-state index contributed by atoms with van der Waals surface area (Å²) in [6.07, 6.45) is 3.46. The molecule has 0 saturated carbocycles. The van der Waals surface area contributed by atoms with Crippen molar-refractivity contribution >= 4 is 17.5 Å². The van der Waals surface area contributed by atoms with Crippen molar-refractivity contribution in [3.63, 3.8) is 0 Å². The molecule has 1 aromatic heterocycles. The molecule has 2 heterocycles. The number of hydrogen-bond acceptors (Lipinski definition) is 7. The molecule has 0 bridgehead atoms. The van der Waals surface area contributed by atoms with Gasteiger partial charge in [0, 0.05) is 71.1 Å². The zero-order valence-corrected chi connectivity index (χ0v) is 21.2. The Morgan fingerprint density at radius 1 is 1.17 bits per heavy atom. The number of ether oxygens (including phenoxy) is 3. The van der Waals surface area contributed by atoms with Crippen LogP contribution in [0.1, 0.15) is 29.8 Å². The lowest BCUT2D eigenvalue weighted by atomic mass is 10.0. The van der Waals surface area contributed by atoms with Gasteiger partial charge in [0.05, 0.1) is 11.7 Å². The third-order valence-electron chi connectivity index (χ3n) is 6.27. The zero-order valence-electron chi connectivity index (χ0n) is 21.2. The fraction of sp³-hybridized carbons (Fsp3) is 0.500. The first-order chi connectivity index (χ1) is 16.8. The summed E-state index contributed by atoms with van der Waals surface area (Å²) in [5.74, 6) is 0.163. The average molecular weight is 485 g/mol. The molecule has 2 amide bonds. The minimum Gasteiger partial charge on any atom is -0.491 e. The number of hydrogen-bond donors (Lipinski definition) is 1. The van der Waals surface area contributed by atoms with E-state index < -0.39 is 0 Å². The number of likely N-dealkylation sites (N-methyl/N-ethyl adjacent to an activating group) is 1. The number of amides is 2. The molecule has 1 N–H and O–H groups in total. The summed E-state index contributed by atoms with van der Waals surface area (Å²) in [5.41, 5.74) is 2.14. The van der Waals surface area contributed by atoms with Crippen molar-refractivity contribution in [2.45, 2.75) is 32.5 Å². The second-order valence-electron chi connectivity index (χ2n) is 9.07. The Bertz CT molecular complexity index is 987. The van der Waals surface area contributed by atoms with Gasteiger partial charge in [-0.1, -0.05) is 6.92 Å². The fourth-order valence-electron chi connectivity index (χ4n) is 4.20. The Morgan fingerprint density at radius 3 is 2.60 bits per heavy atom. The Labute approximate surface area is 207 Å². The van der Waals surface area contributed by atoms with Crippen LogP contribution in [0.5, 0.6) is 5.75 Å². The van der Waals surface area contributed by atoms with E-state index in [2.05, 4.69) is 29.0 Å². The maximum absolute atomic E-state index is 13.3. The maximum atomic E-state index is 13.3. The van der Waals surface area contributed by atoms with Crippen LogP contribution in [0.25, 0.3) is 0 Å². The van der Waals surface area contributed by atoms with Crippen LogP contribution in [0, 0.1) is 5.92 Å². The Morgan fingerprint density at radius 2 is 1.91 bits per heavy atom. The molecule has 35 heavy (non-hydrogen) atoms. The van der Waals surface area contributed by atoms with E-state index in [1.807, 2.05) is 12.1 Å². The smallest absolute Gasteiger partial charge is 0.257 e. The van der Waals surface area contributed by atoms with Gasteiger partial charge < -0.3 is 24.4 Å². The van der Waals surface area contributed by atoms with Gasteiger partial charge in [-0.25, -0.2) is 0 Å². The van der Waals surface area contributed by atoms with E-state index in [0.29, 0.717) is 30.2 Å². The van der Waals surface area contributed by atoms with Crippen LogP contribution in [0.15, 0.2) is 42.7 Å². The Balaban J connectivity index is 1.92. The van der Waals surface area contributed by atoms with Gasteiger partial charge in [0.1, 0.15) is 19.0 Å². The van der Waals surface area contributed by atoms with Crippen LogP contribution >= 0.6 is 0 Å². The van der Waals surface area contributed by atoms with Crippen LogP contribution in [-0.2, 0) is 20.8 Å². The molecule has 0 radical (unpaired) electrons. The number of benzene rings is 1. The largest absolute Gasteiger partial charge is 0.491 e. The summed E-state index contributed by atoms with van der Waals surface area (Å²) in [6.45, 7) is 6.52. The molecule has 0 spiro atoms. The van der Waals surface area contributed by atoms with Gasteiger partial charge in [-0.2, -0.15) is 0 Å². The van der Waals surface area contributed by atoms with Crippen LogP contribution in [0.4, 0.5) is 5.69 Å². The molecule has 1 aliphatic heterocycles. The number of nitrogens with one attached hydrogen (secondary N) is 1. The standard InChI is InChI=1S/C26H36N4O5/c1-18-13-30(14-20-8-10-27-11-9-20)19(2)16-35-23-12-21(28-25(31)17-33-4)6-7-22(23)26(32)29(3)15-24(18)34-5/h6-12,18-19,24H,13-17H2,1-5H3,(H,28,31)/t18-,19+,24+/m1/s1. The van der Waals surface area contributed by atoms with E-state index in [-0.39, 0.29) is 36.5 Å². The van der Waals surface area contributed by atoms with Gasteiger partial charge in [-0.15, -0.1) is 0 Å². The lowest BCUT2D eigenvalue weighted by Crippen LogP contribution is -2.46. The van der Waals surface area contributed by atoms with E-state index in [1.54, 1.807) is 49.7 Å². The summed E-state index contributed by atoms with van der Waals surface area (Å²) in [6, 6.07) is 9.15. The molecule has 3 atom stereocenters. The van der Waals surface area contributed by atoms with E-state index in [0.717, 1.165) is 18.7 Å². The number of carbonyl (C=O) groups excluding carboxylic acids is 2. The second-order valence-corrected chi connectivity index (χ2v) is 9.07. The summed E-state index contributed by atoms with van der Waals surface area (Å²) < 4.78 is 16.9.